The average molecular weight is 454 g/mol. The molecule has 172 valence electrons. The Balaban J connectivity index is 1.27. The molecule has 0 saturated carbocycles. The number of hydrogen-bond donors (Lipinski definition) is 0. The molecule has 1 atom stereocenters. The maximum atomic E-state index is 13.6. The maximum Gasteiger partial charge on any atom is 0.123 e. The first kappa shape index (κ1) is 21.1. The SMILES string of the molecule is Fc1ccc(-c2nc3n(c2-c2ccncc2)[C@H](CN2CCN(c4ccccc4)CC2)CC3)cc1. The van der Waals surface area contributed by atoms with Crippen molar-refractivity contribution in [2.75, 3.05) is 37.6 Å². The third kappa shape index (κ3) is 3.99. The largest absolute Gasteiger partial charge is 0.369 e. The molecule has 0 N–H and O–H groups in total. The summed E-state index contributed by atoms with van der Waals surface area (Å²) in [6.45, 7) is 5.24. The Bertz CT molecular complexity index is 1250. The number of benzene rings is 2. The topological polar surface area (TPSA) is 37.2 Å². The van der Waals surface area contributed by atoms with Crippen LogP contribution in [0.3, 0.4) is 0 Å². The minimum Gasteiger partial charge on any atom is -0.369 e. The van der Waals surface area contributed by atoms with E-state index in [1.807, 2.05) is 36.7 Å². The molecule has 0 spiro atoms. The fourth-order valence-corrected chi connectivity index (χ4v) is 5.37. The number of fused-ring (bicyclic) bond motifs is 1. The summed E-state index contributed by atoms with van der Waals surface area (Å²) in [6, 6.07) is 21.8. The second-order valence-corrected chi connectivity index (χ2v) is 9.15. The lowest BCUT2D eigenvalue weighted by Gasteiger charge is -2.37. The van der Waals surface area contributed by atoms with E-state index in [0.29, 0.717) is 6.04 Å². The van der Waals surface area contributed by atoms with Crippen molar-refractivity contribution in [2.45, 2.75) is 18.9 Å². The summed E-state index contributed by atoms with van der Waals surface area (Å²) < 4.78 is 16.0. The van der Waals surface area contributed by atoms with Crippen LogP contribution in [0.4, 0.5) is 10.1 Å². The van der Waals surface area contributed by atoms with E-state index in [2.05, 4.69) is 49.7 Å². The van der Waals surface area contributed by atoms with Crippen molar-refractivity contribution < 1.29 is 4.39 Å². The van der Waals surface area contributed by atoms with Gasteiger partial charge in [-0.05, 0) is 55.0 Å². The van der Waals surface area contributed by atoms with E-state index in [9.17, 15) is 4.39 Å². The normalized spacial score (nSPS) is 18.3. The van der Waals surface area contributed by atoms with Crippen molar-refractivity contribution in [2.24, 2.45) is 0 Å². The number of hydrogen-bond acceptors (Lipinski definition) is 4. The molecule has 5 nitrogen and oxygen atoms in total. The molecule has 1 saturated heterocycles. The fraction of sp³-hybridized carbons (Fsp3) is 0.286. The fourth-order valence-electron chi connectivity index (χ4n) is 5.37. The quantitative estimate of drug-likeness (QED) is 0.423. The molecule has 2 aliphatic rings. The molecular weight excluding hydrogens is 425 g/mol. The molecule has 4 aromatic rings. The van der Waals surface area contributed by atoms with Gasteiger partial charge in [-0.15, -0.1) is 0 Å². The standard InChI is InChI=1S/C28H28FN5/c29-23-8-6-21(7-9-23)27-28(22-12-14-30-15-13-22)34-25(10-11-26(34)31-27)20-32-16-18-33(19-17-32)24-4-2-1-3-5-24/h1-9,12-15,25H,10-11,16-20H2/t25-/m0/s1. The molecule has 2 aliphatic heterocycles. The number of nitrogens with zero attached hydrogens (tertiary/aromatic N) is 5. The predicted octanol–water partition coefficient (Wildman–Crippen LogP) is 5.06. The number of pyridine rings is 1. The van der Waals surface area contributed by atoms with Crippen LogP contribution in [-0.4, -0.2) is 52.2 Å². The highest BCUT2D eigenvalue weighted by Crippen LogP contribution is 2.40. The van der Waals surface area contributed by atoms with Crippen LogP contribution in [0.1, 0.15) is 18.3 Å². The second-order valence-electron chi connectivity index (χ2n) is 9.15. The molecule has 6 rings (SSSR count). The molecule has 0 unspecified atom stereocenters. The summed E-state index contributed by atoms with van der Waals surface area (Å²) in [7, 11) is 0. The molecule has 0 amide bonds. The highest BCUT2D eigenvalue weighted by molar-refractivity contribution is 5.79. The van der Waals surface area contributed by atoms with Crippen LogP contribution in [0.25, 0.3) is 22.5 Å². The third-order valence-corrected chi connectivity index (χ3v) is 7.08. The van der Waals surface area contributed by atoms with Gasteiger partial charge in [-0.2, -0.15) is 0 Å². The Kier molecular flexibility index (Phi) is 5.59. The monoisotopic (exact) mass is 453 g/mol. The molecule has 4 heterocycles. The summed E-state index contributed by atoms with van der Waals surface area (Å²) in [4.78, 5) is 14.3. The van der Waals surface area contributed by atoms with Crippen LogP contribution >= 0.6 is 0 Å². The lowest BCUT2D eigenvalue weighted by molar-refractivity contribution is 0.222. The van der Waals surface area contributed by atoms with Gasteiger partial charge >= 0.3 is 0 Å². The highest BCUT2D eigenvalue weighted by atomic mass is 19.1. The van der Waals surface area contributed by atoms with Crippen molar-refractivity contribution in [1.29, 1.82) is 0 Å². The molecule has 2 aromatic carbocycles. The zero-order valence-electron chi connectivity index (χ0n) is 19.1. The van der Waals surface area contributed by atoms with Crippen LogP contribution in [-0.2, 0) is 6.42 Å². The first-order valence-electron chi connectivity index (χ1n) is 12.1. The van der Waals surface area contributed by atoms with E-state index in [1.54, 1.807) is 0 Å². The van der Waals surface area contributed by atoms with Gasteiger partial charge in [0.2, 0.25) is 0 Å². The Morgan fingerprint density at radius 2 is 1.56 bits per heavy atom. The van der Waals surface area contributed by atoms with Crippen molar-refractivity contribution in [3.05, 3.63) is 90.8 Å². The van der Waals surface area contributed by atoms with E-state index >= 15 is 0 Å². The van der Waals surface area contributed by atoms with Crippen LogP contribution < -0.4 is 4.90 Å². The van der Waals surface area contributed by atoms with Crippen molar-refractivity contribution in [3.63, 3.8) is 0 Å². The van der Waals surface area contributed by atoms with E-state index in [1.165, 1.54) is 17.8 Å². The second kappa shape index (κ2) is 9.03. The number of imidazole rings is 1. The summed E-state index contributed by atoms with van der Waals surface area (Å²) >= 11 is 0. The van der Waals surface area contributed by atoms with Gasteiger partial charge in [-0.1, -0.05) is 18.2 Å². The minimum absolute atomic E-state index is 0.228. The molecule has 6 heteroatoms. The summed E-state index contributed by atoms with van der Waals surface area (Å²) in [5.41, 5.74) is 5.41. The molecule has 2 aromatic heterocycles. The summed E-state index contributed by atoms with van der Waals surface area (Å²) in [5, 5.41) is 0. The number of aryl methyl sites for hydroxylation is 1. The van der Waals surface area contributed by atoms with Crippen LogP contribution in [0.5, 0.6) is 0 Å². The Hall–Kier alpha value is -3.51. The number of rotatable bonds is 5. The Morgan fingerprint density at radius 3 is 2.29 bits per heavy atom. The number of piperazine rings is 1. The molecular formula is C28H28FN5. The molecule has 0 radical (unpaired) electrons. The molecule has 0 bridgehead atoms. The molecule has 1 fully saturated rings. The van der Waals surface area contributed by atoms with Gasteiger partial charge in [0.15, 0.2) is 0 Å². The van der Waals surface area contributed by atoms with Gasteiger partial charge in [-0.25, -0.2) is 9.37 Å². The summed E-state index contributed by atoms with van der Waals surface area (Å²) in [5.74, 6) is 0.896. The smallest absolute Gasteiger partial charge is 0.123 e. The van der Waals surface area contributed by atoms with E-state index in [4.69, 9.17) is 4.98 Å². The van der Waals surface area contributed by atoms with E-state index in [0.717, 1.165) is 73.9 Å². The Labute approximate surface area is 199 Å². The maximum absolute atomic E-state index is 13.6. The zero-order chi connectivity index (χ0) is 22.9. The highest BCUT2D eigenvalue weighted by Gasteiger charge is 2.32. The number of anilines is 1. The van der Waals surface area contributed by atoms with Gasteiger partial charge in [0.25, 0.3) is 0 Å². The number of halogens is 1. The van der Waals surface area contributed by atoms with Gasteiger partial charge < -0.3 is 9.47 Å². The number of para-hydroxylation sites is 1. The Morgan fingerprint density at radius 1 is 0.824 bits per heavy atom. The van der Waals surface area contributed by atoms with Crippen molar-refractivity contribution in [1.82, 2.24) is 19.4 Å². The van der Waals surface area contributed by atoms with Crippen molar-refractivity contribution >= 4 is 5.69 Å². The van der Waals surface area contributed by atoms with E-state index in [-0.39, 0.29) is 5.82 Å². The number of aromatic nitrogens is 3. The van der Waals surface area contributed by atoms with Crippen LogP contribution in [0, 0.1) is 5.82 Å². The van der Waals surface area contributed by atoms with Gasteiger partial charge in [0, 0.05) is 74.4 Å². The van der Waals surface area contributed by atoms with Gasteiger partial charge in [0.1, 0.15) is 11.6 Å². The molecule has 34 heavy (non-hydrogen) atoms. The van der Waals surface area contributed by atoms with Crippen LogP contribution in [0.15, 0.2) is 79.1 Å². The molecule has 0 aliphatic carbocycles. The summed E-state index contributed by atoms with van der Waals surface area (Å²) in [6.07, 6.45) is 5.73. The third-order valence-electron chi connectivity index (χ3n) is 7.08. The lowest BCUT2D eigenvalue weighted by atomic mass is 10.0. The van der Waals surface area contributed by atoms with Crippen molar-refractivity contribution in [3.8, 4) is 22.5 Å². The van der Waals surface area contributed by atoms with Gasteiger partial charge in [-0.3, -0.25) is 9.88 Å². The predicted molar refractivity (Wildman–Crippen MR) is 133 cm³/mol. The average Bonchev–Trinajstić information content (AvgIpc) is 3.46. The first-order valence-corrected chi connectivity index (χ1v) is 12.1. The van der Waals surface area contributed by atoms with E-state index < -0.39 is 0 Å². The lowest BCUT2D eigenvalue weighted by Crippen LogP contribution is -2.47. The zero-order valence-corrected chi connectivity index (χ0v) is 19.1. The minimum atomic E-state index is -0.228. The first-order chi connectivity index (χ1) is 16.8. The van der Waals surface area contributed by atoms with Crippen LogP contribution in [0.2, 0.25) is 0 Å². The van der Waals surface area contributed by atoms with Gasteiger partial charge in [0.05, 0.1) is 11.4 Å².